The molecule has 3 aromatic rings. The Labute approximate surface area is 168 Å². The second-order valence-corrected chi connectivity index (χ2v) is 6.46. The van der Waals surface area contributed by atoms with Crippen molar-refractivity contribution >= 4 is 11.8 Å². The van der Waals surface area contributed by atoms with Gasteiger partial charge < -0.3 is 26.0 Å². The van der Waals surface area contributed by atoms with Crippen molar-refractivity contribution < 1.29 is 19.7 Å². The first kappa shape index (κ1) is 20.3. The third kappa shape index (κ3) is 5.54. The molecule has 7 heteroatoms. The Morgan fingerprint density at radius 3 is 2.55 bits per heavy atom. The third-order valence-electron chi connectivity index (χ3n) is 4.40. The van der Waals surface area contributed by atoms with E-state index in [1.54, 1.807) is 36.5 Å². The number of nitrogens with one attached hydrogen (secondary N) is 1. The number of rotatable bonds is 9. The van der Waals surface area contributed by atoms with Crippen LogP contribution in [0.3, 0.4) is 0 Å². The van der Waals surface area contributed by atoms with Crippen molar-refractivity contribution in [1.29, 1.82) is 0 Å². The standard InChI is InChI=1S/C22H23N3O4/c23-21-10-7-16(13-25-21)20(26)14-24-11-12-29-17-8-5-15(6-9-17)18-3-1-2-4-19(18)22(27)28/h1-10,13,20,24,26H,11-12,14H2,(H2,23,25)(H,27,28). The van der Waals surface area contributed by atoms with Crippen LogP contribution in [-0.2, 0) is 0 Å². The summed E-state index contributed by atoms with van der Waals surface area (Å²) in [7, 11) is 0. The van der Waals surface area contributed by atoms with Crippen LogP contribution >= 0.6 is 0 Å². The molecule has 29 heavy (non-hydrogen) atoms. The molecule has 0 bridgehead atoms. The van der Waals surface area contributed by atoms with Crippen LogP contribution in [0.1, 0.15) is 22.0 Å². The lowest BCUT2D eigenvalue weighted by Crippen LogP contribution is -2.26. The number of ether oxygens (including phenoxy) is 1. The molecule has 0 radical (unpaired) electrons. The van der Waals surface area contributed by atoms with Gasteiger partial charge >= 0.3 is 5.97 Å². The van der Waals surface area contributed by atoms with Crippen LogP contribution in [0.5, 0.6) is 5.75 Å². The summed E-state index contributed by atoms with van der Waals surface area (Å²) in [6.07, 6.45) is 0.888. The van der Waals surface area contributed by atoms with Crippen LogP contribution in [0.25, 0.3) is 11.1 Å². The molecular formula is C22H23N3O4. The van der Waals surface area contributed by atoms with Gasteiger partial charge in [-0.15, -0.1) is 0 Å². The molecule has 2 aromatic carbocycles. The van der Waals surface area contributed by atoms with Gasteiger partial charge in [-0.1, -0.05) is 36.4 Å². The van der Waals surface area contributed by atoms with E-state index < -0.39 is 12.1 Å². The minimum absolute atomic E-state index is 0.264. The number of nitrogens with zero attached hydrogens (tertiary/aromatic N) is 1. The number of carboxylic acid groups (broad SMARTS) is 1. The Hall–Kier alpha value is -3.42. The predicted molar refractivity (Wildman–Crippen MR) is 111 cm³/mol. The van der Waals surface area contributed by atoms with E-state index in [1.807, 2.05) is 30.3 Å². The normalized spacial score (nSPS) is 11.8. The van der Waals surface area contributed by atoms with E-state index in [9.17, 15) is 15.0 Å². The first-order valence-corrected chi connectivity index (χ1v) is 9.20. The van der Waals surface area contributed by atoms with Crippen molar-refractivity contribution in [3.05, 3.63) is 78.0 Å². The molecule has 1 heterocycles. The van der Waals surface area contributed by atoms with Crippen molar-refractivity contribution in [1.82, 2.24) is 10.3 Å². The first-order chi connectivity index (χ1) is 14.0. The van der Waals surface area contributed by atoms with E-state index in [-0.39, 0.29) is 5.56 Å². The van der Waals surface area contributed by atoms with E-state index >= 15 is 0 Å². The lowest BCUT2D eigenvalue weighted by Gasteiger charge is -2.13. The van der Waals surface area contributed by atoms with E-state index in [0.29, 0.717) is 42.4 Å². The molecule has 0 aliphatic heterocycles. The second kappa shape index (κ2) is 9.68. The van der Waals surface area contributed by atoms with Gasteiger partial charge in [0.15, 0.2) is 0 Å². The molecule has 0 aliphatic carbocycles. The van der Waals surface area contributed by atoms with Gasteiger partial charge in [-0.25, -0.2) is 9.78 Å². The topological polar surface area (TPSA) is 118 Å². The fraction of sp³-hybridized carbons (Fsp3) is 0.182. The van der Waals surface area contributed by atoms with E-state index in [2.05, 4.69) is 10.3 Å². The summed E-state index contributed by atoms with van der Waals surface area (Å²) >= 11 is 0. The molecule has 0 saturated carbocycles. The highest BCUT2D eigenvalue weighted by molar-refractivity contribution is 5.96. The number of hydrogen-bond acceptors (Lipinski definition) is 6. The minimum atomic E-state index is -0.955. The molecule has 7 nitrogen and oxygen atoms in total. The molecule has 3 rings (SSSR count). The van der Waals surface area contributed by atoms with Crippen molar-refractivity contribution in [2.24, 2.45) is 0 Å². The van der Waals surface area contributed by atoms with E-state index in [0.717, 1.165) is 5.56 Å². The number of carboxylic acids is 1. The predicted octanol–water partition coefficient (Wildman–Crippen LogP) is 2.73. The molecule has 150 valence electrons. The number of nitrogens with two attached hydrogens (primary N) is 1. The zero-order valence-corrected chi connectivity index (χ0v) is 15.8. The molecular weight excluding hydrogens is 370 g/mol. The fourth-order valence-electron chi connectivity index (χ4n) is 2.86. The van der Waals surface area contributed by atoms with Crippen molar-refractivity contribution in [2.75, 3.05) is 25.4 Å². The molecule has 0 aliphatic rings. The Kier molecular flexibility index (Phi) is 6.78. The van der Waals surface area contributed by atoms with Gasteiger partial charge in [0.2, 0.25) is 0 Å². The van der Waals surface area contributed by atoms with E-state index in [1.165, 1.54) is 0 Å². The molecule has 1 aromatic heterocycles. The molecule has 5 N–H and O–H groups in total. The van der Waals surface area contributed by atoms with Crippen molar-refractivity contribution in [3.8, 4) is 16.9 Å². The van der Waals surface area contributed by atoms with Crippen LogP contribution in [0.15, 0.2) is 66.9 Å². The van der Waals surface area contributed by atoms with Gasteiger partial charge in [0.25, 0.3) is 0 Å². The Balaban J connectivity index is 1.46. The molecule has 1 atom stereocenters. The Morgan fingerprint density at radius 2 is 1.86 bits per heavy atom. The van der Waals surface area contributed by atoms with Gasteiger partial charge in [-0.2, -0.15) is 0 Å². The lowest BCUT2D eigenvalue weighted by atomic mass is 10.00. The number of hydrogen-bond donors (Lipinski definition) is 4. The SMILES string of the molecule is Nc1ccc(C(O)CNCCOc2ccc(-c3ccccc3C(=O)O)cc2)cn1. The van der Waals surface area contributed by atoms with Crippen LogP contribution in [-0.4, -0.2) is 40.9 Å². The van der Waals surface area contributed by atoms with Crippen molar-refractivity contribution in [2.45, 2.75) is 6.10 Å². The number of aromatic nitrogens is 1. The zero-order chi connectivity index (χ0) is 20.6. The quantitative estimate of drug-likeness (QED) is 0.413. The summed E-state index contributed by atoms with van der Waals surface area (Å²) in [5.74, 6) is 0.148. The van der Waals surface area contributed by atoms with E-state index in [4.69, 9.17) is 10.5 Å². The minimum Gasteiger partial charge on any atom is -0.492 e. The van der Waals surface area contributed by atoms with Crippen LogP contribution in [0.4, 0.5) is 5.82 Å². The smallest absolute Gasteiger partial charge is 0.336 e. The fourth-order valence-corrected chi connectivity index (χ4v) is 2.86. The Morgan fingerprint density at radius 1 is 1.10 bits per heavy atom. The average molecular weight is 393 g/mol. The number of aliphatic hydroxyl groups excluding tert-OH is 1. The number of anilines is 1. The number of aromatic carboxylic acids is 1. The highest BCUT2D eigenvalue weighted by Gasteiger charge is 2.11. The maximum atomic E-state index is 11.4. The van der Waals surface area contributed by atoms with Gasteiger partial charge in [-0.05, 0) is 35.4 Å². The summed E-state index contributed by atoms with van der Waals surface area (Å²) in [6, 6.07) is 17.6. The van der Waals surface area contributed by atoms with Gasteiger partial charge in [0.05, 0.1) is 11.7 Å². The third-order valence-corrected chi connectivity index (χ3v) is 4.40. The zero-order valence-electron chi connectivity index (χ0n) is 15.8. The second-order valence-electron chi connectivity index (χ2n) is 6.46. The maximum absolute atomic E-state index is 11.4. The van der Waals surface area contributed by atoms with Crippen LogP contribution in [0, 0.1) is 0 Å². The van der Waals surface area contributed by atoms with Gasteiger partial charge in [0.1, 0.15) is 18.2 Å². The number of nitrogen functional groups attached to an aromatic ring is 1. The number of pyridine rings is 1. The summed E-state index contributed by atoms with van der Waals surface area (Å²) < 4.78 is 5.69. The number of carbonyl (C=O) groups is 1. The Bertz CT molecular complexity index is 943. The number of aliphatic hydroxyl groups is 1. The largest absolute Gasteiger partial charge is 0.492 e. The summed E-state index contributed by atoms with van der Waals surface area (Å²) in [4.78, 5) is 15.3. The number of benzene rings is 2. The van der Waals surface area contributed by atoms with Crippen LogP contribution < -0.4 is 15.8 Å². The molecule has 0 saturated heterocycles. The lowest BCUT2D eigenvalue weighted by molar-refractivity contribution is 0.0697. The van der Waals surface area contributed by atoms with Gasteiger partial charge in [-0.3, -0.25) is 0 Å². The van der Waals surface area contributed by atoms with Gasteiger partial charge in [0, 0.05) is 24.8 Å². The highest BCUT2D eigenvalue weighted by Crippen LogP contribution is 2.25. The monoisotopic (exact) mass is 393 g/mol. The average Bonchev–Trinajstić information content (AvgIpc) is 2.74. The van der Waals surface area contributed by atoms with Crippen LogP contribution in [0.2, 0.25) is 0 Å². The highest BCUT2D eigenvalue weighted by atomic mass is 16.5. The van der Waals surface area contributed by atoms with Crippen molar-refractivity contribution in [3.63, 3.8) is 0 Å². The maximum Gasteiger partial charge on any atom is 0.336 e. The summed E-state index contributed by atoms with van der Waals surface area (Å²) in [6.45, 7) is 1.36. The molecule has 0 spiro atoms. The summed E-state index contributed by atoms with van der Waals surface area (Å²) in [5.41, 5.74) is 7.98. The molecule has 1 unspecified atom stereocenters. The first-order valence-electron chi connectivity index (χ1n) is 9.20. The molecule has 0 fully saturated rings. The molecule has 0 amide bonds. The summed E-state index contributed by atoms with van der Waals surface area (Å²) in [5, 5.41) is 22.5.